The van der Waals surface area contributed by atoms with Crippen molar-refractivity contribution in [2.75, 3.05) is 0 Å². The van der Waals surface area contributed by atoms with E-state index in [-0.39, 0.29) is 5.41 Å². The molecule has 0 radical (unpaired) electrons. The van der Waals surface area contributed by atoms with Crippen molar-refractivity contribution >= 4 is 22.6 Å². The molecule has 0 spiro atoms. The molecular weight excluding hydrogens is 263 g/mol. The average molecular weight is 276 g/mol. The number of aromatic hydroxyl groups is 1. The van der Waals surface area contributed by atoms with E-state index >= 15 is 0 Å². The number of phenolic OH excluding ortho intramolecular Hbond substituents is 1. The Hall–Kier alpha value is -0.250. The fraction of sp³-hybridized carbons (Fsp3) is 0.400. The van der Waals surface area contributed by atoms with Crippen LogP contribution in [0.25, 0.3) is 0 Å². The highest BCUT2D eigenvalue weighted by molar-refractivity contribution is 14.1. The Labute approximate surface area is 86.9 Å². The lowest BCUT2D eigenvalue weighted by Gasteiger charge is -2.20. The fourth-order valence-electron chi connectivity index (χ4n) is 1.10. The molecule has 1 aromatic carbocycles. The molecule has 2 heteroatoms. The van der Waals surface area contributed by atoms with Crippen molar-refractivity contribution in [1.82, 2.24) is 0 Å². The first-order valence-corrected chi connectivity index (χ1v) is 4.99. The molecule has 1 aromatic rings. The second kappa shape index (κ2) is 3.24. The predicted octanol–water partition coefficient (Wildman–Crippen LogP) is 3.29. The van der Waals surface area contributed by atoms with Crippen LogP contribution in [0.4, 0.5) is 0 Å². The zero-order valence-corrected chi connectivity index (χ0v) is 9.71. The van der Waals surface area contributed by atoms with E-state index in [9.17, 15) is 5.11 Å². The Balaban J connectivity index is 3.26. The van der Waals surface area contributed by atoms with Crippen molar-refractivity contribution < 1.29 is 5.11 Å². The number of rotatable bonds is 0. The maximum absolute atomic E-state index is 9.46. The van der Waals surface area contributed by atoms with Crippen LogP contribution in [0.2, 0.25) is 0 Å². The zero-order valence-electron chi connectivity index (χ0n) is 7.56. The van der Waals surface area contributed by atoms with E-state index in [0.29, 0.717) is 5.75 Å². The molecule has 0 amide bonds. The number of phenols is 1. The third-order valence-electron chi connectivity index (χ3n) is 1.79. The molecule has 0 aliphatic heterocycles. The molecule has 0 aliphatic carbocycles. The van der Waals surface area contributed by atoms with Crippen LogP contribution in [0.3, 0.4) is 0 Å². The first-order valence-electron chi connectivity index (χ1n) is 3.91. The van der Waals surface area contributed by atoms with Crippen LogP contribution in [0.1, 0.15) is 26.3 Å². The maximum Gasteiger partial charge on any atom is 0.129 e. The molecule has 1 N–H and O–H groups in total. The molecule has 0 heterocycles. The van der Waals surface area contributed by atoms with Gasteiger partial charge in [-0.1, -0.05) is 32.9 Å². The van der Waals surface area contributed by atoms with Gasteiger partial charge >= 0.3 is 0 Å². The van der Waals surface area contributed by atoms with Gasteiger partial charge in [-0.3, -0.25) is 0 Å². The summed E-state index contributed by atoms with van der Waals surface area (Å²) in [5, 5.41) is 9.46. The first-order chi connectivity index (χ1) is 5.43. The molecular formula is C10H13IO. The van der Waals surface area contributed by atoms with Crippen LogP contribution in [0.5, 0.6) is 5.75 Å². The molecule has 0 aliphatic rings. The number of halogens is 1. The minimum Gasteiger partial charge on any atom is -0.507 e. The summed E-state index contributed by atoms with van der Waals surface area (Å²) in [4.78, 5) is 0. The lowest BCUT2D eigenvalue weighted by Crippen LogP contribution is -2.12. The summed E-state index contributed by atoms with van der Waals surface area (Å²) in [5.41, 5.74) is 1.30. The van der Waals surface area contributed by atoms with Gasteiger partial charge in [-0.2, -0.15) is 0 Å². The Bertz CT molecular complexity index is 286. The summed E-state index contributed by atoms with van der Waals surface area (Å²) in [7, 11) is 0. The third-order valence-corrected chi connectivity index (χ3v) is 2.92. The van der Waals surface area contributed by atoms with Gasteiger partial charge in [0.25, 0.3) is 0 Å². The van der Waals surface area contributed by atoms with Crippen molar-refractivity contribution in [2.24, 2.45) is 0 Å². The molecule has 12 heavy (non-hydrogen) atoms. The van der Waals surface area contributed by atoms with E-state index < -0.39 is 0 Å². The van der Waals surface area contributed by atoms with Gasteiger partial charge in [0.15, 0.2) is 0 Å². The van der Waals surface area contributed by atoms with Gasteiger partial charge in [0.1, 0.15) is 5.75 Å². The zero-order chi connectivity index (χ0) is 9.35. The highest BCUT2D eigenvalue weighted by atomic mass is 127. The molecule has 66 valence electrons. The molecule has 0 saturated heterocycles. The molecule has 1 rings (SSSR count). The van der Waals surface area contributed by atoms with Crippen LogP contribution in [0.15, 0.2) is 18.2 Å². The molecule has 0 aromatic heterocycles. The maximum atomic E-state index is 9.46. The van der Waals surface area contributed by atoms with E-state index in [1.165, 1.54) is 5.56 Å². The molecule has 0 bridgehead atoms. The van der Waals surface area contributed by atoms with Crippen molar-refractivity contribution in [3.8, 4) is 5.75 Å². The average Bonchev–Trinajstić information content (AvgIpc) is 1.92. The van der Waals surface area contributed by atoms with Gasteiger partial charge in [-0.15, -0.1) is 0 Å². The lowest BCUT2D eigenvalue weighted by atomic mass is 9.87. The summed E-state index contributed by atoms with van der Waals surface area (Å²) in [6, 6.07) is 5.66. The van der Waals surface area contributed by atoms with Crippen LogP contribution in [-0.4, -0.2) is 5.11 Å². The summed E-state index contributed by atoms with van der Waals surface area (Å²) < 4.78 is 0.961. The second-order valence-corrected chi connectivity index (χ2v) is 4.97. The molecule has 1 nitrogen and oxygen atoms in total. The quantitative estimate of drug-likeness (QED) is 0.721. The van der Waals surface area contributed by atoms with Crippen LogP contribution >= 0.6 is 22.6 Å². The van der Waals surface area contributed by atoms with Crippen LogP contribution in [-0.2, 0) is 5.41 Å². The number of benzene rings is 1. The first kappa shape index (κ1) is 9.84. The summed E-state index contributed by atoms with van der Waals surface area (Å²) in [6.07, 6.45) is 0. The smallest absolute Gasteiger partial charge is 0.129 e. The summed E-state index contributed by atoms with van der Waals surface area (Å²) in [6.45, 7) is 6.43. The van der Waals surface area contributed by atoms with Gasteiger partial charge < -0.3 is 5.11 Å². The summed E-state index contributed by atoms with van der Waals surface area (Å²) >= 11 is 2.18. The number of hydrogen-bond donors (Lipinski definition) is 1. The normalized spacial score (nSPS) is 11.7. The Morgan fingerprint density at radius 3 is 2.25 bits per heavy atom. The monoisotopic (exact) mass is 276 g/mol. The van der Waals surface area contributed by atoms with Gasteiger partial charge in [0.05, 0.1) is 3.57 Å². The van der Waals surface area contributed by atoms with E-state index in [1.807, 2.05) is 6.07 Å². The Morgan fingerprint density at radius 2 is 1.83 bits per heavy atom. The van der Waals surface area contributed by atoms with Gasteiger partial charge in [0, 0.05) is 0 Å². The van der Waals surface area contributed by atoms with Crippen molar-refractivity contribution in [3.63, 3.8) is 0 Å². The molecule has 0 saturated carbocycles. The van der Waals surface area contributed by atoms with Crippen molar-refractivity contribution in [3.05, 3.63) is 27.3 Å². The second-order valence-electron chi connectivity index (χ2n) is 3.89. The van der Waals surface area contributed by atoms with Gasteiger partial charge in [-0.25, -0.2) is 0 Å². The molecule has 0 atom stereocenters. The van der Waals surface area contributed by atoms with E-state index in [1.54, 1.807) is 6.07 Å². The summed E-state index contributed by atoms with van der Waals surface area (Å²) in [5.74, 6) is 0.378. The fourth-order valence-corrected chi connectivity index (χ4v) is 2.27. The lowest BCUT2D eigenvalue weighted by molar-refractivity contribution is 0.466. The Kier molecular flexibility index (Phi) is 2.66. The predicted molar refractivity (Wildman–Crippen MR) is 59.5 cm³/mol. The van der Waals surface area contributed by atoms with E-state index in [2.05, 4.69) is 49.4 Å². The van der Waals surface area contributed by atoms with Crippen molar-refractivity contribution in [2.45, 2.75) is 26.2 Å². The largest absolute Gasteiger partial charge is 0.507 e. The van der Waals surface area contributed by atoms with Gasteiger partial charge in [-0.05, 0) is 39.6 Å². The number of hydrogen-bond acceptors (Lipinski definition) is 1. The minimum absolute atomic E-state index is 0.106. The third kappa shape index (κ3) is 1.91. The van der Waals surface area contributed by atoms with Gasteiger partial charge in [0.2, 0.25) is 0 Å². The van der Waals surface area contributed by atoms with Crippen molar-refractivity contribution in [1.29, 1.82) is 0 Å². The highest BCUT2D eigenvalue weighted by Crippen LogP contribution is 2.31. The van der Waals surface area contributed by atoms with E-state index in [0.717, 1.165) is 3.57 Å². The Morgan fingerprint density at radius 1 is 1.25 bits per heavy atom. The van der Waals surface area contributed by atoms with Crippen LogP contribution in [0, 0.1) is 3.57 Å². The van der Waals surface area contributed by atoms with Crippen LogP contribution < -0.4 is 0 Å². The minimum atomic E-state index is 0.106. The SMILES string of the molecule is CC(C)(C)c1cccc(O)c1I. The van der Waals surface area contributed by atoms with E-state index in [4.69, 9.17) is 0 Å². The highest BCUT2D eigenvalue weighted by Gasteiger charge is 2.17. The standard InChI is InChI=1S/C10H13IO/c1-10(2,3)7-5-4-6-8(12)9(7)11/h4-6,12H,1-3H3. The molecule has 0 unspecified atom stereocenters. The topological polar surface area (TPSA) is 20.2 Å². The molecule has 0 fully saturated rings.